The number of hydrogen-bond acceptors (Lipinski definition) is 5. The lowest BCUT2D eigenvalue weighted by molar-refractivity contribution is -0.122. The third-order valence-corrected chi connectivity index (χ3v) is 4.82. The number of methoxy groups -OCH3 is 1. The molecule has 1 aromatic carbocycles. The van der Waals surface area contributed by atoms with Gasteiger partial charge in [0.15, 0.2) is 5.17 Å². The number of nitrogens with one attached hydrogen (secondary N) is 2. The molecule has 2 amide bonds. The van der Waals surface area contributed by atoms with Crippen LogP contribution in [0.15, 0.2) is 23.2 Å². The van der Waals surface area contributed by atoms with Crippen LogP contribution in [-0.2, 0) is 9.59 Å². The lowest BCUT2D eigenvalue weighted by atomic mass is 10.2. The van der Waals surface area contributed by atoms with Crippen molar-refractivity contribution in [3.05, 3.63) is 23.2 Å². The molecule has 0 unspecified atom stereocenters. The summed E-state index contributed by atoms with van der Waals surface area (Å²) >= 11 is 7.34. The van der Waals surface area contributed by atoms with Gasteiger partial charge in [0.2, 0.25) is 11.8 Å². The van der Waals surface area contributed by atoms with Crippen LogP contribution in [0.4, 0.5) is 5.69 Å². The molecule has 0 spiro atoms. The summed E-state index contributed by atoms with van der Waals surface area (Å²) in [6.07, 6.45) is 2.23. The van der Waals surface area contributed by atoms with E-state index in [2.05, 4.69) is 15.6 Å². The molecule has 1 aliphatic heterocycles. The maximum Gasteiger partial charge on any atom is 0.240 e. The van der Waals surface area contributed by atoms with Gasteiger partial charge in [-0.05, 0) is 31.0 Å². The number of rotatable bonds is 5. The van der Waals surface area contributed by atoms with Crippen LogP contribution in [0.2, 0.25) is 5.02 Å². The Hall–Kier alpha value is -1.73. The number of aliphatic imine (C=N–C) groups is 1. The molecule has 0 aromatic heterocycles. The Kier molecular flexibility index (Phi) is 4.77. The molecule has 23 heavy (non-hydrogen) atoms. The van der Waals surface area contributed by atoms with Crippen molar-refractivity contribution in [2.45, 2.75) is 30.6 Å². The van der Waals surface area contributed by atoms with E-state index >= 15 is 0 Å². The van der Waals surface area contributed by atoms with Gasteiger partial charge in [-0.3, -0.25) is 14.6 Å². The molecular weight excluding hydrogens is 338 g/mol. The highest BCUT2D eigenvalue weighted by atomic mass is 35.5. The van der Waals surface area contributed by atoms with Crippen LogP contribution in [0.1, 0.15) is 19.3 Å². The van der Waals surface area contributed by atoms with Crippen LogP contribution < -0.4 is 15.4 Å². The van der Waals surface area contributed by atoms with Gasteiger partial charge in [0.1, 0.15) is 11.0 Å². The zero-order valence-electron chi connectivity index (χ0n) is 12.5. The van der Waals surface area contributed by atoms with Crippen LogP contribution in [-0.4, -0.2) is 35.4 Å². The molecule has 0 radical (unpaired) electrons. The fraction of sp³-hybridized carbons (Fsp3) is 0.400. The van der Waals surface area contributed by atoms with Crippen molar-refractivity contribution in [1.29, 1.82) is 0 Å². The Labute approximate surface area is 143 Å². The molecule has 8 heteroatoms. The monoisotopic (exact) mass is 353 g/mol. The minimum Gasteiger partial charge on any atom is -0.495 e. The normalized spacial score (nSPS) is 22.1. The predicted octanol–water partition coefficient (Wildman–Crippen LogP) is 2.43. The summed E-state index contributed by atoms with van der Waals surface area (Å²) in [5.41, 5.74) is 0.566. The van der Waals surface area contributed by atoms with Gasteiger partial charge in [0.25, 0.3) is 0 Å². The van der Waals surface area contributed by atoms with Crippen LogP contribution in [0.3, 0.4) is 0 Å². The molecule has 1 aliphatic carbocycles. The number of hydrogen-bond donors (Lipinski definition) is 2. The third-order valence-electron chi connectivity index (χ3n) is 3.43. The highest BCUT2D eigenvalue weighted by Gasteiger charge is 2.33. The van der Waals surface area contributed by atoms with Crippen molar-refractivity contribution in [2.75, 3.05) is 12.4 Å². The Morgan fingerprint density at radius 3 is 2.96 bits per heavy atom. The number of thioether (sulfide) groups is 1. The third kappa shape index (κ3) is 4.17. The molecular formula is C15H16ClN3O3S. The van der Waals surface area contributed by atoms with Crippen molar-refractivity contribution >= 4 is 46.0 Å². The molecule has 1 saturated carbocycles. The van der Waals surface area contributed by atoms with Crippen LogP contribution in [0, 0.1) is 0 Å². The topological polar surface area (TPSA) is 79.8 Å². The summed E-state index contributed by atoms with van der Waals surface area (Å²) in [6, 6.07) is 5.33. The first-order valence-electron chi connectivity index (χ1n) is 7.24. The molecule has 1 heterocycles. The Balaban J connectivity index is 1.56. The first-order valence-corrected chi connectivity index (χ1v) is 8.49. The summed E-state index contributed by atoms with van der Waals surface area (Å²) < 4.78 is 5.06. The Morgan fingerprint density at radius 2 is 2.30 bits per heavy atom. The average Bonchev–Trinajstić information content (AvgIpc) is 3.24. The van der Waals surface area contributed by atoms with Crippen LogP contribution in [0.25, 0.3) is 0 Å². The molecule has 2 N–H and O–H groups in total. The average molecular weight is 354 g/mol. The van der Waals surface area contributed by atoms with Gasteiger partial charge in [-0.1, -0.05) is 23.4 Å². The highest BCUT2D eigenvalue weighted by molar-refractivity contribution is 8.15. The minimum atomic E-state index is -0.443. The van der Waals surface area contributed by atoms with Gasteiger partial charge < -0.3 is 15.4 Å². The van der Waals surface area contributed by atoms with Gasteiger partial charge >= 0.3 is 0 Å². The largest absolute Gasteiger partial charge is 0.495 e. The standard InChI is InChI=1S/C15H16ClN3O3S/c1-22-11-5-4-9(6-10(11)16)17-13(20)7-12-14(21)19-15(23-12)18-8-2-3-8/h4-6,8,12H,2-3,7H2,1H3,(H,17,20)(H,18,19,21)/t12-/m1/s1. The van der Waals surface area contributed by atoms with E-state index in [1.54, 1.807) is 18.2 Å². The first-order chi connectivity index (χ1) is 11.0. The summed E-state index contributed by atoms with van der Waals surface area (Å²) in [5, 5.41) is 6.06. The zero-order chi connectivity index (χ0) is 16.4. The number of benzene rings is 1. The van der Waals surface area contributed by atoms with Gasteiger partial charge in [-0.15, -0.1) is 0 Å². The second-order valence-electron chi connectivity index (χ2n) is 5.36. The van der Waals surface area contributed by atoms with E-state index in [0.29, 0.717) is 27.7 Å². The smallest absolute Gasteiger partial charge is 0.240 e. The quantitative estimate of drug-likeness (QED) is 0.852. The zero-order valence-corrected chi connectivity index (χ0v) is 14.0. The second kappa shape index (κ2) is 6.80. The molecule has 6 nitrogen and oxygen atoms in total. The van der Waals surface area contributed by atoms with E-state index in [-0.39, 0.29) is 18.2 Å². The van der Waals surface area contributed by atoms with E-state index in [1.807, 2.05) is 0 Å². The number of halogens is 1. The first kappa shape index (κ1) is 16.1. The maximum atomic E-state index is 12.1. The van der Waals surface area contributed by atoms with E-state index in [4.69, 9.17) is 16.3 Å². The molecule has 0 bridgehead atoms. The molecule has 1 saturated heterocycles. The van der Waals surface area contributed by atoms with Gasteiger partial charge in [-0.2, -0.15) is 0 Å². The molecule has 2 aliphatic rings. The van der Waals surface area contributed by atoms with E-state index < -0.39 is 5.25 Å². The SMILES string of the molecule is COc1ccc(NC(=O)C[C@H]2SC(=NC3CC3)NC2=O)cc1Cl. The molecule has 3 rings (SSSR count). The minimum absolute atomic E-state index is 0.0871. The van der Waals surface area contributed by atoms with Crippen molar-refractivity contribution in [3.63, 3.8) is 0 Å². The predicted molar refractivity (Wildman–Crippen MR) is 91.2 cm³/mol. The number of anilines is 1. The molecule has 1 aromatic rings. The fourth-order valence-electron chi connectivity index (χ4n) is 2.09. The number of nitrogens with zero attached hydrogens (tertiary/aromatic N) is 1. The van der Waals surface area contributed by atoms with Gasteiger partial charge in [0.05, 0.1) is 18.2 Å². The van der Waals surface area contributed by atoms with E-state index in [0.717, 1.165) is 12.8 Å². The Bertz CT molecular complexity index is 676. The van der Waals surface area contributed by atoms with E-state index in [9.17, 15) is 9.59 Å². The summed E-state index contributed by atoms with van der Waals surface area (Å²) in [5.74, 6) is 0.125. The molecule has 1 atom stereocenters. The summed E-state index contributed by atoms with van der Waals surface area (Å²) in [6.45, 7) is 0. The molecule has 122 valence electrons. The van der Waals surface area contributed by atoms with Crippen molar-refractivity contribution in [3.8, 4) is 5.75 Å². The lowest BCUT2D eigenvalue weighted by Gasteiger charge is -2.09. The highest BCUT2D eigenvalue weighted by Crippen LogP contribution is 2.30. The van der Waals surface area contributed by atoms with Gasteiger partial charge in [0, 0.05) is 12.1 Å². The number of carbonyl (C=O) groups is 2. The number of ether oxygens (including phenoxy) is 1. The Morgan fingerprint density at radius 1 is 1.52 bits per heavy atom. The van der Waals surface area contributed by atoms with E-state index in [1.165, 1.54) is 18.9 Å². The van der Waals surface area contributed by atoms with Crippen molar-refractivity contribution in [2.24, 2.45) is 4.99 Å². The summed E-state index contributed by atoms with van der Waals surface area (Å²) in [4.78, 5) is 28.4. The second-order valence-corrected chi connectivity index (χ2v) is 6.96. The number of amides is 2. The van der Waals surface area contributed by atoms with Crippen LogP contribution in [0.5, 0.6) is 5.75 Å². The number of carbonyl (C=O) groups excluding carboxylic acids is 2. The van der Waals surface area contributed by atoms with Crippen molar-refractivity contribution in [1.82, 2.24) is 5.32 Å². The van der Waals surface area contributed by atoms with Gasteiger partial charge in [-0.25, -0.2) is 0 Å². The molecule has 2 fully saturated rings. The lowest BCUT2D eigenvalue weighted by Crippen LogP contribution is -2.28. The van der Waals surface area contributed by atoms with Crippen LogP contribution >= 0.6 is 23.4 Å². The summed E-state index contributed by atoms with van der Waals surface area (Å²) in [7, 11) is 1.52. The van der Waals surface area contributed by atoms with Crippen molar-refractivity contribution < 1.29 is 14.3 Å². The number of amidine groups is 1. The maximum absolute atomic E-state index is 12.1. The fourth-order valence-corrected chi connectivity index (χ4v) is 3.39.